The third-order valence-corrected chi connectivity index (χ3v) is 5.38. The summed E-state index contributed by atoms with van der Waals surface area (Å²) in [4.78, 5) is 22.2. The Morgan fingerprint density at radius 1 is 1.28 bits per heavy atom. The quantitative estimate of drug-likeness (QED) is 0.746. The van der Waals surface area contributed by atoms with E-state index in [9.17, 15) is 4.79 Å². The molecule has 2 aromatic heterocycles. The van der Waals surface area contributed by atoms with Crippen molar-refractivity contribution in [3.63, 3.8) is 0 Å². The zero-order valence-electron chi connectivity index (χ0n) is 15.0. The van der Waals surface area contributed by atoms with Crippen LogP contribution in [0.3, 0.4) is 0 Å². The molecule has 0 radical (unpaired) electrons. The molecule has 25 heavy (non-hydrogen) atoms. The van der Waals surface area contributed by atoms with Crippen molar-refractivity contribution in [2.75, 3.05) is 32.7 Å². The average molecular weight is 359 g/mol. The van der Waals surface area contributed by atoms with Crippen molar-refractivity contribution >= 4 is 23.3 Å². The van der Waals surface area contributed by atoms with Gasteiger partial charge in [-0.15, -0.1) is 11.3 Å². The van der Waals surface area contributed by atoms with Crippen LogP contribution in [-0.4, -0.2) is 58.0 Å². The first kappa shape index (κ1) is 17.9. The van der Waals surface area contributed by atoms with E-state index in [-0.39, 0.29) is 5.91 Å². The number of thiophene rings is 1. The SMILES string of the molecule is CC(C)c1nccn1CCN1CCN(C(=O)/C=C/c2cccs2)CC1. The summed E-state index contributed by atoms with van der Waals surface area (Å²) in [6.07, 6.45) is 7.55. The predicted octanol–water partition coefficient (Wildman–Crippen LogP) is 2.93. The molecule has 0 aliphatic carbocycles. The molecular formula is C19H26N4OS. The third-order valence-electron chi connectivity index (χ3n) is 4.54. The lowest BCUT2D eigenvalue weighted by molar-refractivity contribution is -0.127. The van der Waals surface area contributed by atoms with Crippen LogP contribution < -0.4 is 0 Å². The Labute approximate surface area is 153 Å². The lowest BCUT2D eigenvalue weighted by atomic mass is 10.2. The van der Waals surface area contributed by atoms with Gasteiger partial charge in [-0.25, -0.2) is 4.98 Å². The summed E-state index contributed by atoms with van der Waals surface area (Å²) in [5.74, 6) is 1.71. The zero-order chi connectivity index (χ0) is 17.6. The van der Waals surface area contributed by atoms with E-state index in [0.29, 0.717) is 5.92 Å². The number of aromatic nitrogens is 2. The smallest absolute Gasteiger partial charge is 0.246 e. The lowest BCUT2D eigenvalue weighted by Crippen LogP contribution is -2.48. The molecule has 0 spiro atoms. The number of rotatable bonds is 6. The van der Waals surface area contributed by atoms with Gasteiger partial charge in [0.25, 0.3) is 0 Å². The van der Waals surface area contributed by atoms with Gasteiger partial charge in [0, 0.05) is 68.5 Å². The summed E-state index contributed by atoms with van der Waals surface area (Å²) in [6.45, 7) is 9.78. The van der Waals surface area contributed by atoms with Crippen molar-refractivity contribution in [1.29, 1.82) is 0 Å². The first-order chi connectivity index (χ1) is 12.1. The lowest BCUT2D eigenvalue weighted by Gasteiger charge is -2.34. The van der Waals surface area contributed by atoms with Crippen LogP contribution in [0.1, 0.15) is 30.5 Å². The van der Waals surface area contributed by atoms with Gasteiger partial charge in [0.05, 0.1) is 0 Å². The summed E-state index contributed by atoms with van der Waals surface area (Å²) >= 11 is 1.65. The monoisotopic (exact) mass is 358 g/mol. The average Bonchev–Trinajstić information content (AvgIpc) is 3.29. The largest absolute Gasteiger partial charge is 0.337 e. The molecule has 0 N–H and O–H groups in total. The first-order valence-corrected chi connectivity index (χ1v) is 9.75. The van der Waals surface area contributed by atoms with Gasteiger partial charge in [0.1, 0.15) is 5.82 Å². The van der Waals surface area contributed by atoms with Gasteiger partial charge in [-0.1, -0.05) is 19.9 Å². The third kappa shape index (κ3) is 4.80. The van der Waals surface area contributed by atoms with Crippen LogP contribution in [0.2, 0.25) is 0 Å². The van der Waals surface area contributed by atoms with Crippen LogP contribution in [0.4, 0.5) is 0 Å². The molecule has 0 unspecified atom stereocenters. The number of carbonyl (C=O) groups excluding carboxylic acids is 1. The van der Waals surface area contributed by atoms with Crippen LogP contribution in [0, 0.1) is 0 Å². The van der Waals surface area contributed by atoms with E-state index in [2.05, 4.69) is 34.5 Å². The number of nitrogens with zero attached hydrogens (tertiary/aromatic N) is 4. The van der Waals surface area contributed by atoms with Crippen LogP contribution in [-0.2, 0) is 11.3 Å². The highest BCUT2D eigenvalue weighted by Crippen LogP contribution is 2.13. The Hall–Kier alpha value is -1.92. The van der Waals surface area contributed by atoms with Gasteiger partial charge in [0.15, 0.2) is 0 Å². The molecule has 0 aromatic carbocycles. The minimum absolute atomic E-state index is 0.116. The van der Waals surface area contributed by atoms with Crippen LogP contribution in [0.25, 0.3) is 6.08 Å². The van der Waals surface area contributed by atoms with Gasteiger partial charge in [0.2, 0.25) is 5.91 Å². The van der Waals surface area contributed by atoms with Crippen LogP contribution >= 0.6 is 11.3 Å². The maximum Gasteiger partial charge on any atom is 0.246 e. The molecule has 1 amide bonds. The molecule has 134 valence electrons. The maximum atomic E-state index is 12.3. The zero-order valence-corrected chi connectivity index (χ0v) is 15.8. The number of hydrogen-bond acceptors (Lipinski definition) is 4. The second-order valence-corrected chi connectivity index (χ2v) is 7.63. The summed E-state index contributed by atoms with van der Waals surface area (Å²) in [6, 6.07) is 4.02. The Balaban J connectivity index is 1.44. The van der Waals surface area contributed by atoms with E-state index < -0.39 is 0 Å². The topological polar surface area (TPSA) is 41.4 Å². The summed E-state index contributed by atoms with van der Waals surface area (Å²) < 4.78 is 2.24. The van der Waals surface area contributed by atoms with Gasteiger partial charge in [-0.2, -0.15) is 0 Å². The summed E-state index contributed by atoms with van der Waals surface area (Å²) in [7, 11) is 0. The van der Waals surface area contributed by atoms with Gasteiger partial charge in [-0.05, 0) is 17.5 Å². The van der Waals surface area contributed by atoms with Gasteiger partial charge < -0.3 is 9.47 Å². The van der Waals surface area contributed by atoms with Crippen molar-refractivity contribution in [3.8, 4) is 0 Å². The van der Waals surface area contributed by atoms with Crippen molar-refractivity contribution in [2.24, 2.45) is 0 Å². The van der Waals surface area contributed by atoms with Crippen molar-refractivity contribution < 1.29 is 4.79 Å². The Morgan fingerprint density at radius 2 is 2.08 bits per heavy atom. The maximum absolute atomic E-state index is 12.3. The standard InChI is InChI=1S/C19H26N4OS/c1-16(2)19-20-7-8-23(19)14-11-21-9-12-22(13-10-21)18(24)6-5-17-4-3-15-25-17/h3-8,15-16H,9-14H2,1-2H3/b6-5+. The van der Waals surface area contributed by atoms with E-state index in [4.69, 9.17) is 0 Å². The molecule has 0 atom stereocenters. The van der Waals surface area contributed by atoms with Crippen LogP contribution in [0.15, 0.2) is 36.0 Å². The minimum Gasteiger partial charge on any atom is -0.337 e. The molecule has 0 saturated carbocycles. The number of carbonyl (C=O) groups is 1. The van der Waals surface area contributed by atoms with Crippen molar-refractivity contribution in [2.45, 2.75) is 26.3 Å². The number of amides is 1. The number of piperazine rings is 1. The molecule has 2 aromatic rings. The first-order valence-electron chi connectivity index (χ1n) is 8.87. The van der Waals surface area contributed by atoms with E-state index in [1.54, 1.807) is 17.4 Å². The van der Waals surface area contributed by atoms with Gasteiger partial charge in [-0.3, -0.25) is 9.69 Å². The summed E-state index contributed by atoms with van der Waals surface area (Å²) in [5, 5.41) is 2.02. The molecular weight excluding hydrogens is 332 g/mol. The normalized spacial score (nSPS) is 16.2. The Bertz CT molecular complexity index is 697. The summed E-state index contributed by atoms with van der Waals surface area (Å²) in [5.41, 5.74) is 0. The van der Waals surface area contributed by atoms with E-state index in [1.807, 2.05) is 34.7 Å². The Morgan fingerprint density at radius 3 is 2.76 bits per heavy atom. The number of hydrogen-bond donors (Lipinski definition) is 0. The second kappa shape index (κ2) is 8.45. The second-order valence-electron chi connectivity index (χ2n) is 6.65. The van der Waals surface area contributed by atoms with E-state index in [0.717, 1.165) is 50.0 Å². The van der Waals surface area contributed by atoms with Gasteiger partial charge >= 0.3 is 0 Å². The predicted molar refractivity (Wildman–Crippen MR) is 103 cm³/mol. The fourth-order valence-electron chi connectivity index (χ4n) is 3.10. The molecule has 1 fully saturated rings. The minimum atomic E-state index is 0.116. The highest BCUT2D eigenvalue weighted by atomic mass is 32.1. The molecule has 5 nitrogen and oxygen atoms in total. The van der Waals surface area contributed by atoms with Crippen molar-refractivity contribution in [1.82, 2.24) is 19.4 Å². The molecule has 3 heterocycles. The molecule has 0 bridgehead atoms. The Kier molecular flexibility index (Phi) is 6.04. The molecule has 6 heteroatoms. The molecule has 1 aliphatic rings. The van der Waals surface area contributed by atoms with Crippen molar-refractivity contribution in [3.05, 3.63) is 46.7 Å². The highest BCUT2D eigenvalue weighted by Gasteiger charge is 2.19. The fraction of sp³-hybridized carbons (Fsp3) is 0.474. The fourth-order valence-corrected chi connectivity index (χ4v) is 3.71. The number of imidazole rings is 1. The molecule has 3 rings (SSSR count). The highest BCUT2D eigenvalue weighted by molar-refractivity contribution is 7.10. The molecule has 1 saturated heterocycles. The molecule has 1 aliphatic heterocycles. The van der Waals surface area contributed by atoms with Crippen LogP contribution in [0.5, 0.6) is 0 Å². The van der Waals surface area contributed by atoms with E-state index in [1.165, 1.54) is 0 Å². The van der Waals surface area contributed by atoms with E-state index >= 15 is 0 Å².